The van der Waals surface area contributed by atoms with Gasteiger partial charge in [-0.1, -0.05) is 12.1 Å². The number of rotatable bonds is 7. The molecule has 0 saturated carbocycles. The number of fused-ring (bicyclic) bond motifs is 1. The first-order valence-corrected chi connectivity index (χ1v) is 10.3. The van der Waals surface area contributed by atoms with Crippen LogP contribution >= 0.6 is 0 Å². The van der Waals surface area contributed by atoms with Crippen LogP contribution in [-0.2, 0) is 11.3 Å². The fraction of sp³-hybridized carbons (Fsp3) is 0.391. The molecule has 1 aliphatic heterocycles. The quantitative estimate of drug-likeness (QED) is 0.649. The number of aromatic nitrogens is 2. The lowest BCUT2D eigenvalue weighted by Gasteiger charge is -2.31. The molecule has 7 heteroatoms. The summed E-state index contributed by atoms with van der Waals surface area (Å²) >= 11 is 0. The van der Waals surface area contributed by atoms with Gasteiger partial charge in [0.15, 0.2) is 0 Å². The van der Waals surface area contributed by atoms with Gasteiger partial charge in [0.25, 0.3) is 0 Å². The number of nitrogens with one attached hydrogen (secondary N) is 1. The number of nitrogens with zero attached hydrogens (tertiary/aromatic N) is 3. The summed E-state index contributed by atoms with van der Waals surface area (Å²) in [7, 11) is 3.19. The third-order valence-electron chi connectivity index (χ3n) is 5.74. The van der Waals surface area contributed by atoms with Gasteiger partial charge in [0.05, 0.1) is 43.8 Å². The van der Waals surface area contributed by atoms with E-state index in [-0.39, 0.29) is 5.91 Å². The molecule has 0 unspecified atom stereocenters. The van der Waals surface area contributed by atoms with Crippen molar-refractivity contribution in [3.05, 3.63) is 48.8 Å². The van der Waals surface area contributed by atoms with E-state index in [1.54, 1.807) is 26.4 Å². The molecule has 30 heavy (non-hydrogen) atoms. The number of ether oxygens (including phenoxy) is 2. The highest BCUT2D eigenvalue weighted by Gasteiger charge is 2.22. The second-order valence-electron chi connectivity index (χ2n) is 7.72. The van der Waals surface area contributed by atoms with Crippen molar-refractivity contribution >= 4 is 22.6 Å². The molecular weight excluding hydrogens is 380 g/mol. The van der Waals surface area contributed by atoms with Crippen LogP contribution in [0.15, 0.2) is 48.8 Å². The van der Waals surface area contributed by atoms with E-state index in [4.69, 9.17) is 9.47 Å². The van der Waals surface area contributed by atoms with Gasteiger partial charge in [-0.15, -0.1) is 0 Å². The predicted molar refractivity (Wildman–Crippen MR) is 117 cm³/mol. The Kier molecular flexibility index (Phi) is 6.18. The molecule has 2 heterocycles. The zero-order valence-corrected chi connectivity index (χ0v) is 17.5. The second-order valence-corrected chi connectivity index (χ2v) is 7.72. The minimum atomic E-state index is -0.0411. The molecule has 1 aliphatic rings. The Bertz CT molecular complexity index is 1010. The number of imidazole rings is 1. The molecule has 3 aromatic rings. The van der Waals surface area contributed by atoms with Gasteiger partial charge >= 0.3 is 0 Å². The van der Waals surface area contributed by atoms with Crippen molar-refractivity contribution in [3.8, 4) is 11.5 Å². The predicted octanol–water partition coefficient (Wildman–Crippen LogP) is 3.40. The highest BCUT2D eigenvalue weighted by atomic mass is 16.5. The molecule has 0 spiro atoms. The molecule has 4 rings (SSSR count). The average molecular weight is 409 g/mol. The number of piperidine rings is 1. The van der Waals surface area contributed by atoms with Gasteiger partial charge in [0.1, 0.15) is 11.5 Å². The van der Waals surface area contributed by atoms with Crippen LogP contribution in [0, 0.1) is 5.92 Å². The summed E-state index contributed by atoms with van der Waals surface area (Å²) in [6.07, 6.45) is 4.08. The van der Waals surface area contributed by atoms with Crippen LogP contribution in [0.25, 0.3) is 11.0 Å². The van der Waals surface area contributed by atoms with E-state index in [9.17, 15) is 4.79 Å². The lowest BCUT2D eigenvalue weighted by Crippen LogP contribution is -2.40. The maximum Gasteiger partial charge on any atom is 0.238 e. The minimum Gasteiger partial charge on any atom is -0.497 e. The van der Waals surface area contributed by atoms with Crippen LogP contribution in [0.1, 0.15) is 12.8 Å². The third kappa shape index (κ3) is 4.57. The Morgan fingerprint density at radius 2 is 1.93 bits per heavy atom. The zero-order chi connectivity index (χ0) is 20.9. The lowest BCUT2D eigenvalue weighted by molar-refractivity contribution is -0.117. The van der Waals surface area contributed by atoms with E-state index in [1.807, 2.05) is 24.5 Å². The van der Waals surface area contributed by atoms with Gasteiger partial charge < -0.3 is 19.4 Å². The average Bonchev–Trinajstić information content (AvgIpc) is 3.18. The van der Waals surface area contributed by atoms with Crippen molar-refractivity contribution in [2.75, 3.05) is 39.2 Å². The van der Waals surface area contributed by atoms with Gasteiger partial charge in [-0.2, -0.15) is 0 Å². The fourth-order valence-electron chi connectivity index (χ4n) is 4.07. The standard InChI is InChI=1S/C23H28N4O3/c1-29-18-7-8-22(30-2)20(13-18)25-23(28)15-26-11-9-17(10-12-26)14-27-16-24-19-5-3-4-6-21(19)27/h3-8,13,16-17H,9-12,14-15H2,1-2H3,(H,25,28). The first kappa shape index (κ1) is 20.2. The van der Waals surface area contributed by atoms with E-state index in [0.29, 0.717) is 29.6 Å². The van der Waals surface area contributed by atoms with E-state index in [0.717, 1.165) is 38.0 Å². The monoisotopic (exact) mass is 408 g/mol. The summed E-state index contributed by atoms with van der Waals surface area (Å²) in [4.78, 5) is 19.3. The number of hydrogen-bond donors (Lipinski definition) is 1. The molecule has 0 aliphatic carbocycles. The Morgan fingerprint density at radius 3 is 2.70 bits per heavy atom. The third-order valence-corrected chi connectivity index (χ3v) is 5.74. The van der Waals surface area contributed by atoms with E-state index < -0.39 is 0 Å². The normalized spacial score (nSPS) is 15.3. The van der Waals surface area contributed by atoms with Gasteiger partial charge in [-0.05, 0) is 56.1 Å². The summed E-state index contributed by atoms with van der Waals surface area (Å²) in [5.74, 6) is 1.86. The van der Waals surface area contributed by atoms with Crippen molar-refractivity contribution < 1.29 is 14.3 Å². The van der Waals surface area contributed by atoms with Crippen molar-refractivity contribution in [1.29, 1.82) is 0 Å². The summed E-state index contributed by atoms with van der Waals surface area (Å²) < 4.78 is 12.8. The molecule has 0 bridgehead atoms. The van der Waals surface area contributed by atoms with Gasteiger partial charge in [-0.3, -0.25) is 9.69 Å². The maximum absolute atomic E-state index is 12.6. The summed E-state index contributed by atoms with van der Waals surface area (Å²) in [6.45, 7) is 3.18. The van der Waals surface area contributed by atoms with Crippen LogP contribution < -0.4 is 14.8 Å². The van der Waals surface area contributed by atoms with Gasteiger partial charge in [0.2, 0.25) is 5.91 Å². The number of carbonyl (C=O) groups excluding carboxylic acids is 1. The topological polar surface area (TPSA) is 68.6 Å². The highest BCUT2D eigenvalue weighted by Crippen LogP contribution is 2.29. The highest BCUT2D eigenvalue weighted by molar-refractivity contribution is 5.94. The second kappa shape index (κ2) is 9.17. The van der Waals surface area contributed by atoms with E-state index in [1.165, 1.54) is 5.52 Å². The summed E-state index contributed by atoms with van der Waals surface area (Å²) in [5, 5.41) is 2.95. The molecule has 1 amide bonds. The van der Waals surface area contributed by atoms with Crippen molar-refractivity contribution in [2.45, 2.75) is 19.4 Å². The van der Waals surface area contributed by atoms with Crippen molar-refractivity contribution in [3.63, 3.8) is 0 Å². The molecular formula is C23H28N4O3. The van der Waals surface area contributed by atoms with Crippen LogP contribution in [0.3, 0.4) is 0 Å². The molecule has 1 saturated heterocycles. The number of benzene rings is 2. The van der Waals surface area contributed by atoms with Gasteiger partial charge in [-0.25, -0.2) is 4.98 Å². The smallest absolute Gasteiger partial charge is 0.238 e. The molecule has 1 N–H and O–H groups in total. The van der Waals surface area contributed by atoms with E-state index >= 15 is 0 Å². The molecule has 2 aromatic carbocycles. The Morgan fingerprint density at radius 1 is 1.13 bits per heavy atom. The van der Waals surface area contributed by atoms with Crippen LogP contribution in [0.2, 0.25) is 0 Å². The SMILES string of the molecule is COc1ccc(OC)c(NC(=O)CN2CCC(Cn3cnc4ccccc43)CC2)c1. The Balaban J connectivity index is 1.29. The molecule has 0 radical (unpaired) electrons. The molecule has 1 aromatic heterocycles. The minimum absolute atomic E-state index is 0.0411. The first-order chi connectivity index (χ1) is 14.7. The Labute approximate surface area is 176 Å². The largest absolute Gasteiger partial charge is 0.497 e. The Hall–Kier alpha value is -3.06. The van der Waals surface area contributed by atoms with Crippen LogP contribution in [0.4, 0.5) is 5.69 Å². The number of hydrogen-bond acceptors (Lipinski definition) is 5. The number of amides is 1. The number of methoxy groups -OCH3 is 2. The number of carbonyl (C=O) groups is 1. The molecule has 158 valence electrons. The van der Waals surface area contributed by atoms with Crippen LogP contribution in [0.5, 0.6) is 11.5 Å². The first-order valence-electron chi connectivity index (χ1n) is 10.3. The summed E-state index contributed by atoms with van der Waals surface area (Å²) in [5.41, 5.74) is 2.86. The van der Waals surface area contributed by atoms with Gasteiger partial charge in [0, 0.05) is 12.6 Å². The van der Waals surface area contributed by atoms with E-state index in [2.05, 4.69) is 31.9 Å². The lowest BCUT2D eigenvalue weighted by atomic mass is 9.96. The molecule has 1 fully saturated rings. The van der Waals surface area contributed by atoms with Crippen molar-refractivity contribution in [1.82, 2.24) is 14.5 Å². The van der Waals surface area contributed by atoms with Crippen molar-refractivity contribution in [2.24, 2.45) is 5.92 Å². The number of likely N-dealkylation sites (tertiary alicyclic amines) is 1. The number of anilines is 1. The maximum atomic E-state index is 12.6. The van der Waals surface area contributed by atoms with Crippen LogP contribution in [-0.4, -0.2) is 54.2 Å². The molecule has 7 nitrogen and oxygen atoms in total. The number of para-hydroxylation sites is 2. The zero-order valence-electron chi connectivity index (χ0n) is 17.5. The fourth-order valence-corrected chi connectivity index (χ4v) is 4.07. The molecule has 0 atom stereocenters. The summed E-state index contributed by atoms with van der Waals surface area (Å²) in [6, 6.07) is 13.6.